The molecule has 2 heterocycles. The second-order valence-corrected chi connectivity index (χ2v) is 7.10. The quantitative estimate of drug-likeness (QED) is 0.866. The van der Waals surface area contributed by atoms with E-state index < -0.39 is 6.10 Å². The fraction of sp³-hybridized carbons (Fsp3) is 0.579. The van der Waals surface area contributed by atoms with E-state index in [4.69, 9.17) is 0 Å². The van der Waals surface area contributed by atoms with Crippen molar-refractivity contribution in [2.24, 2.45) is 5.92 Å². The van der Waals surface area contributed by atoms with Gasteiger partial charge >= 0.3 is 0 Å². The van der Waals surface area contributed by atoms with Crippen LogP contribution in [0.1, 0.15) is 18.9 Å². The van der Waals surface area contributed by atoms with Crippen molar-refractivity contribution in [2.75, 3.05) is 39.3 Å². The van der Waals surface area contributed by atoms with Crippen LogP contribution in [0.15, 0.2) is 30.3 Å². The Hall–Kier alpha value is -1.92. The molecule has 6 heteroatoms. The Morgan fingerprint density at radius 1 is 1.04 bits per heavy atom. The number of piperazine rings is 1. The minimum atomic E-state index is -0.591. The summed E-state index contributed by atoms with van der Waals surface area (Å²) in [5.74, 6) is -0.0870. The van der Waals surface area contributed by atoms with Crippen molar-refractivity contribution in [3.63, 3.8) is 0 Å². The molecule has 2 saturated heterocycles. The molecule has 0 saturated carbocycles. The molecular weight excluding hydrogens is 318 g/mol. The zero-order valence-electron chi connectivity index (χ0n) is 14.8. The van der Waals surface area contributed by atoms with Crippen LogP contribution in [-0.4, -0.2) is 77.0 Å². The van der Waals surface area contributed by atoms with Crippen LogP contribution in [-0.2, 0) is 16.1 Å². The first-order chi connectivity index (χ1) is 12.0. The number of hydrogen-bond donors (Lipinski definition) is 1. The first-order valence-corrected chi connectivity index (χ1v) is 9.00. The number of likely N-dealkylation sites (tertiary alicyclic amines) is 1. The molecule has 1 aromatic carbocycles. The van der Waals surface area contributed by atoms with Crippen LogP contribution in [0, 0.1) is 5.92 Å². The number of carbonyl (C=O) groups excluding carboxylic acids is 2. The van der Waals surface area contributed by atoms with Crippen LogP contribution in [0.2, 0.25) is 0 Å². The highest BCUT2D eigenvalue weighted by Crippen LogP contribution is 2.22. The molecule has 0 spiro atoms. The van der Waals surface area contributed by atoms with Crippen LogP contribution in [0.4, 0.5) is 0 Å². The minimum absolute atomic E-state index is 0.0384. The fourth-order valence-electron chi connectivity index (χ4n) is 3.66. The zero-order valence-corrected chi connectivity index (χ0v) is 14.8. The van der Waals surface area contributed by atoms with Gasteiger partial charge in [0, 0.05) is 65.1 Å². The summed E-state index contributed by atoms with van der Waals surface area (Å²) in [5.41, 5.74) is 1.29. The van der Waals surface area contributed by atoms with E-state index in [-0.39, 0.29) is 17.7 Å². The van der Waals surface area contributed by atoms with Gasteiger partial charge in [-0.2, -0.15) is 0 Å². The van der Waals surface area contributed by atoms with Crippen molar-refractivity contribution in [2.45, 2.75) is 26.0 Å². The summed E-state index contributed by atoms with van der Waals surface area (Å²) >= 11 is 0. The average Bonchev–Trinajstić information content (AvgIpc) is 2.97. The van der Waals surface area contributed by atoms with E-state index >= 15 is 0 Å². The Labute approximate surface area is 149 Å². The minimum Gasteiger partial charge on any atom is -0.391 e. The Bertz CT molecular complexity index is 599. The molecule has 2 aliphatic rings. The number of β-amino-alcohol motifs (C(OH)–C–C–N with tert-alkyl or cyclic N) is 1. The lowest BCUT2D eigenvalue weighted by Crippen LogP contribution is -2.48. The number of rotatable bonds is 4. The summed E-state index contributed by atoms with van der Waals surface area (Å²) in [6.07, 6.45) is -0.267. The van der Waals surface area contributed by atoms with Crippen molar-refractivity contribution >= 4 is 11.8 Å². The lowest BCUT2D eigenvalue weighted by molar-refractivity contribution is -0.135. The van der Waals surface area contributed by atoms with Crippen molar-refractivity contribution in [1.29, 1.82) is 0 Å². The summed E-state index contributed by atoms with van der Waals surface area (Å²) < 4.78 is 0. The Balaban J connectivity index is 1.45. The topological polar surface area (TPSA) is 64.1 Å². The highest BCUT2D eigenvalue weighted by molar-refractivity contribution is 5.77. The molecule has 0 unspecified atom stereocenters. The van der Waals surface area contributed by atoms with Crippen molar-refractivity contribution in [1.82, 2.24) is 14.7 Å². The molecule has 0 aromatic heterocycles. The van der Waals surface area contributed by atoms with E-state index in [2.05, 4.69) is 17.0 Å². The van der Waals surface area contributed by atoms with Gasteiger partial charge in [0.15, 0.2) is 0 Å². The number of amides is 2. The maximum Gasteiger partial charge on any atom is 0.223 e. The Kier molecular flexibility index (Phi) is 5.71. The van der Waals surface area contributed by atoms with Gasteiger partial charge in [-0.3, -0.25) is 14.5 Å². The number of aliphatic hydroxyl groups excluding tert-OH is 1. The van der Waals surface area contributed by atoms with Gasteiger partial charge in [-0.25, -0.2) is 0 Å². The van der Waals surface area contributed by atoms with Crippen LogP contribution in [0.3, 0.4) is 0 Å². The maximum atomic E-state index is 12.5. The van der Waals surface area contributed by atoms with Crippen LogP contribution in [0.5, 0.6) is 0 Å². The monoisotopic (exact) mass is 345 g/mol. The van der Waals surface area contributed by atoms with E-state index in [0.717, 1.165) is 32.7 Å². The molecule has 25 heavy (non-hydrogen) atoms. The molecule has 1 N–H and O–H groups in total. The third-order valence-corrected chi connectivity index (χ3v) is 5.26. The van der Waals surface area contributed by atoms with Gasteiger partial charge in [-0.05, 0) is 5.56 Å². The molecular formula is C19H27N3O3. The predicted octanol–water partition coefficient (Wildman–Crippen LogP) is 0.560. The molecule has 2 amide bonds. The predicted molar refractivity (Wildman–Crippen MR) is 94.7 cm³/mol. The first-order valence-electron chi connectivity index (χ1n) is 9.00. The number of hydrogen-bond acceptors (Lipinski definition) is 4. The number of nitrogens with zero attached hydrogens (tertiary/aromatic N) is 3. The third kappa shape index (κ3) is 4.58. The molecule has 0 aliphatic carbocycles. The van der Waals surface area contributed by atoms with E-state index in [0.29, 0.717) is 19.5 Å². The van der Waals surface area contributed by atoms with E-state index in [1.165, 1.54) is 12.5 Å². The maximum absolute atomic E-state index is 12.5. The largest absolute Gasteiger partial charge is 0.391 e. The molecule has 3 rings (SSSR count). The van der Waals surface area contributed by atoms with Gasteiger partial charge in [0.1, 0.15) is 0 Å². The normalized spacial score (nSPS) is 24.6. The van der Waals surface area contributed by atoms with Gasteiger partial charge in [0.25, 0.3) is 0 Å². The lowest BCUT2D eigenvalue weighted by Gasteiger charge is -2.35. The summed E-state index contributed by atoms with van der Waals surface area (Å²) in [6.45, 7) is 6.44. The second kappa shape index (κ2) is 7.97. The van der Waals surface area contributed by atoms with Crippen LogP contribution < -0.4 is 0 Å². The van der Waals surface area contributed by atoms with E-state index in [1.54, 1.807) is 4.90 Å². The molecule has 2 atom stereocenters. The van der Waals surface area contributed by atoms with Crippen molar-refractivity contribution in [3.8, 4) is 0 Å². The van der Waals surface area contributed by atoms with Crippen LogP contribution in [0.25, 0.3) is 0 Å². The Morgan fingerprint density at radius 3 is 2.32 bits per heavy atom. The fourth-order valence-corrected chi connectivity index (χ4v) is 3.66. The second-order valence-electron chi connectivity index (χ2n) is 7.10. The van der Waals surface area contributed by atoms with Gasteiger partial charge in [-0.15, -0.1) is 0 Å². The molecule has 0 radical (unpaired) electrons. The van der Waals surface area contributed by atoms with Gasteiger partial charge in [0.2, 0.25) is 11.8 Å². The third-order valence-electron chi connectivity index (χ3n) is 5.26. The summed E-state index contributed by atoms with van der Waals surface area (Å²) in [6, 6.07) is 10.4. The summed E-state index contributed by atoms with van der Waals surface area (Å²) in [5, 5.41) is 10.1. The van der Waals surface area contributed by atoms with Crippen molar-refractivity contribution < 1.29 is 14.7 Å². The number of benzene rings is 1. The summed E-state index contributed by atoms with van der Waals surface area (Å²) in [4.78, 5) is 29.8. The molecule has 2 fully saturated rings. The lowest BCUT2D eigenvalue weighted by atomic mass is 10.0. The SMILES string of the molecule is CC(=O)N1C[C@H](CC(=O)N2CCN(Cc3ccccc3)CC2)[C@@H](O)C1. The van der Waals surface area contributed by atoms with Crippen molar-refractivity contribution in [3.05, 3.63) is 35.9 Å². The highest BCUT2D eigenvalue weighted by atomic mass is 16.3. The smallest absolute Gasteiger partial charge is 0.223 e. The average molecular weight is 345 g/mol. The van der Waals surface area contributed by atoms with Gasteiger partial charge < -0.3 is 14.9 Å². The zero-order chi connectivity index (χ0) is 17.8. The van der Waals surface area contributed by atoms with Gasteiger partial charge in [0.05, 0.1) is 6.10 Å². The number of aliphatic hydroxyl groups is 1. The first kappa shape index (κ1) is 17.9. The molecule has 2 aliphatic heterocycles. The van der Waals surface area contributed by atoms with Crippen LogP contribution >= 0.6 is 0 Å². The molecule has 136 valence electrons. The van der Waals surface area contributed by atoms with Gasteiger partial charge in [-0.1, -0.05) is 30.3 Å². The molecule has 1 aromatic rings. The van der Waals surface area contributed by atoms with E-state index in [1.807, 2.05) is 23.1 Å². The van der Waals surface area contributed by atoms with E-state index in [9.17, 15) is 14.7 Å². The summed E-state index contributed by atoms with van der Waals surface area (Å²) in [7, 11) is 0. The highest BCUT2D eigenvalue weighted by Gasteiger charge is 2.35. The molecule has 6 nitrogen and oxygen atoms in total. The standard InChI is InChI=1S/C19H27N3O3/c1-15(23)22-13-17(18(24)14-22)11-19(25)21-9-7-20(8-10-21)12-16-5-3-2-4-6-16/h2-6,17-18,24H,7-14H2,1H3/t17-,18-/m0/s1. The molecule has 0 bridgehead atoms. The number of carbonyl (C=O) groups is 2. The Morgan fingerprint density at radius 2 is 1.72 bits per heavy atom.